The second-order valence-corrected chi connectivity index (χ2v) is 11.3. The van der Waals surface area contributed by atoms with Crippen LogP contribution in [0.4, 0.5) is 5.69 Å². The summed E-state index contributed by atoms with van der Waals surface area (Å²) in [7, 11) is -3.86. The van der Waals surface area contributed by atoms with E-state index in [1.54, 1.807) is 12.1 Å². The summed E-state index contributed by atoms with van der Waals surface area (Å²) in [5.41, 5.74) is 1.13. The minimum atomic E-state index is -3.86. The minimum Gasteiger partial charge on any atom is -0.352 e. The zero-order chi connectivity index (χ0) is 25.7. The van der Waals surface area contributed by atoms with E-state index in [4.69, 9.17) is 0 Å². The third-order valence-electron chi connectivity index (χ3n) is 6.73. The van der Waals surface area contributed by atoms with Gasteiger partial charge in [0.1, 0.15) is 6.04 Å². The fourth-order valence-corrected chi connectivity index (χ4v) is 6.53. The lowest BCUT2D eigenvalue weighted by Crippen LogP contribution is -2.50. The predicted molar refractivity (Wildman–Crippen MR) is 136 cm³/mol. The first-order valence-corrected chi connectivity index (χ1v) is 13.7. The number of rotatable bonds is 7. The Morgan fingerprint density at radius 3 is 2.06 bits per heavy atom. The molecule has 4 rings (SSSR count). The number of amides is 3. The molecule has 0 radical (unpaired) electrons. The summed E-state index contributed by atoms with van der Waals surface area (Å²) in [6.45, 7) is 1.66. The van der Waals surface area contributed by atoms with Gasteiger partial charge in [-0.25, -0.2) is 8.42 Å². The van der Waals surface area contributed by atoms with Crippen molar-refractivity contribution in [3.8, 4) is 0 Å². The standard InChI is InChI=1S/C26H32N4O5S/c1-18(31)27-20-13-15-23(16-14-20)36(34,35)30-17-5-8-24(30)26(33)29-22-11-9-21(10-12-22)28-25(32)19-6-3-2-4-7-19/h2-4,6-7,13-16,21-22,24H,5,8-12,17H2,1H3,(H,27,31)(H,28,32)(H,29,33)/t21?,22?,24-/m0/s1. The lowest BCUT2D eigenvalue weighted by molar-refractivity contribution is -0.125. The third kappa shape index (κ3) is 6.11. The van der Waals surface area contributed by atoms with Crippen LogP contribution in [0, 0.1) is 0 Å². The summed E-state index contributed by atoms with van der Waals surface area (Å²) >= 11 is 0. The Morgan fingerprint density at radius 2 is 1.44 bits per heavy atom. The molecule has 1 aliphatic carbocycles. The Morgan fingerprint density at radius 1 is 0.833 bits per heavy atom. The topological polar surface area (TPSA) is 125 Å². The van der Waals surface area contributed by atoms with Crippen molar-refractivity contribution in [3.05, 3.63) is 60.2 Å². The molecule has 2 aromatic carbocycles. The van der Waals surface area contributed by atoms with Crippen molar-refractivity contribution in [2.24, 2.45) is 0 Å². The van der Waals surface area contributed by atoms with Crippen molar-refractivity contribution in [1.82, 2.24) is 14.9 Å². The summed E-state index contributed by atoms with van der Waals surface area (Å²) in [5.74, 6) is -0.614. The number of nitrogens with one attached hydrogen (secondary N) is 3. The van der Waals surface area contributed by atoms with Crippen LogP contribution >= 0.6 is 0 Å². The number of anilines is 1. The summed E-state index contributed by atoms with van der Waals surface area (Å²) in [4.78, 5) is 36.8. The average molecular weight is 513 g/mol. The van der Waals surface area contributed by atoms with Gasteiger partial charge in [0, 0.05) is 36.8 Å². The number of carbonyl (C=O) groups excluding carboxylic acids is 3. The van der Waals surface area contributed by atoms with Crippen molar-refractivity contribution in [2.75, 3.05) is 11.9 Å². The smallest absolute Gasteiger partial charge is 0.251 e. The van der Waals surface area contributed by atoms with Crippen LogP contribution in [0.5, 0.6) is 0 Å². The lowest BCUT2D eigenvalue weighted by atomic mass is 9.90. The van der Waals surface area contributed by atoms with Crippen molar-refractivity contribution in [3.63, 3.8) is 0 Å². The molecular weight excluding hydrogens is 480 g/mol. The van der Waals surface area contributed by atoms with E-state index in [0.717, 1.165) is 25.7 Å². The molecule has 0 spiro atoms. The van der Waals surface area contributed by atoms with E-state index in [-0.39, 0.29) is 41.2 Å². The zero-order valence-electron chi connectivity index (χ0n) is 20.3. The van der Waals surface area contributed by atoms with Gasteiger partial charge in [0.2, 0.25) is 21.8 Å². The number of hydrogen-bond donors (Lipinski definition) is 3. The van der Waals surface area contributed by atoms with E-state index in [0.29, 0.717) is 24.1 Å². The number of sulfonamides is 1. The lowest BCUT2D eigenvalue weighted by Gasteiger charge is -2.31. The highest BCUT2D eigenvalue weighted by Crippen LogP contribution is 2.28. The molecule has 10 heteroatoms. The Kier molecular flexibility index (Phi) is 8.05. The molecule has 2 aliphatic rings. The van der Waals surface area contributed by atoms with Gasteiger partial charge in [-0.2, -0.15) is 4.31 Å². The van der Waals surface area contributed by atoms with Crippen molar-refractivity contribution in [1.29, 1.82) is 0 Å². The first-order chi connectivity index (χ1) is 17.2. The van der Waals surface area contributed by atoms with Crippen molar-refractivity contribution in [2.45, 2.75) is 68.5 Å². The molecule has 3 amide bonds. The zero-order valence-corrected chi connectivity index (χ0v) is 21.1. The summed E-state index contributed by atoms with van der Waals surface area (Å²) in [6.07, 6.45) is 4.01. The van der Waals surface area contributed by atoms with Crippen LogP contribution in [0.25, 0.3) is 0 Å². The summed E-state index contributed by atoms with van der Waals surface area (Å²) in [6, 6.07) is 14.3. The maximum atomic E-state index is 13.3. The van der Waals surface area contributed by atoms with Gasteiger partial charge in [0.05, 0.1) is 4.90 Å². The fourth-order valence-electron chi connectivity index (χ4n) is 4.88. The van der Waals surface area contributed by atoms with Crippen LogP contribution in [0.15, 0.2) is 59.5 Å². The van der Waals surface area contributed by atoms with Crippen LogP contribution < -0.4 is 16.0 Å². The van der Waals surface area contributed by atoms with E-state index in [1.165, 1.54) is 35.5 Å². The van der Waals surface area contributed by atoms with Crippen LogP contribution in [0.1, 0.15) is 55.8 Å². The molecule has 0 bridgehead atoms. The van der Waals surface area contributed by atoms with Crippen LogP contribution in [-0.4, -0.2) is 55.1 Å². The SMILES string of the molecule is CC(=O)Nc1ccc(S(=O)(=O)N2CCC[C@H]2C(=O)NC2CCC(NC(=O)c3ccccc3)CC2)cc1. The third-order valence-corrected chi connectivity index (χ3v) is 8.65. The van der Waals surface area contributed by atoms with Gasteiger partial charge in [0.15, 0.2) is 0 Å². The second-order valence-electron chi connectivity index (χ2n) is 9.38. The Hall–Kier alpha value is -3.24. The average Bonchev–Trinajstić information content (AvgIpc) is 3.37. The van der Waals surface area contributed by atoms with Crippen molar-refractivity contribution < 1.29 is 22.8 Å². The Labute approximate surface area is 211 Å². The summed E-state index contributed by atoms with van der Waals surface area (Å²) in [5, 5.41) is 8.72. The van der Waals surface area contributed by atoms with E-state index in [9.17, 15) is 22.8 Å². The van der Waals surface area contributed by atoms with Crippen molar-refractivity contribution >= 4 is 33.4 Å². The van der Waals surface area contributed by atoms with Gasteiger partial charge in [-0.15, -0.1) is 0 Å². The highest BCUT2D eigenvalue weighted by Gasteiger charge is 2.40. The quantitative estimate of drug-likeness (QED) is 0.526. The van der Waals surface area contributed by atoms with Gasteiger partial charge < -0.3 is 16.0 Å². The molecule has 1 saturated carbocycles. The highest BCUT2D eigenvalue weighted by molar-refractivity contribution is 7.89. The maximum Gasteiger partial charge on any atom is 0.251 e. The van der Waals surface area contributed by atoms with Crippen LogP contribution in [0.3, 0.4) is 0 Å². The number of hydrogen-bond acceptors (Lipinski definition) is 5. The number of nitrogens with zero attached hydrogens (tertiary/aromatic N) is 1. The molecule has 36 heavy (non-hydrogen) atoms. The maximum absolute atomic E-state index is 13.3. The van der Waals surface area contributed by atoms with Gasteiger partial charge in [-0.05, 0) is 74.9 Å². The normalized spacial score (nSPS) is 22.5. The predicted octanol–water partition coefficient (Wildman–Crippen LogP) is 2.66. The Bertz CT molecular complexity index is 1190. The molecule has 9 nitrogen and oxygen atoms in total. The van der Waals surface area contributed by atoms with Gasteiger partial charge >= 0.3 is 0 Å². The summed E-state index contributed by atoms with van der Waals surface area (Å²) < 4.78 is 27.8. The van der Waals surface area contributed by atoms with E-state index in [1.807, 2.05) is 18.2 Å². The molecule has 192 valence electrons. The van der Waals surface area contributed by atoms with Gasteiger partial charge in [-0.1, -0.05) is 18.2 Å². The largest absolute Gasteiger partial charge is 0.352 e. The van der Waals surface area contributed by atoms with Gasteiger partial charge in [0.25, 0.3) is 5.91 Å². The first kappa shape index (κ1) is 25.8. The molecule has 1 saturated heterocycles. The highest BCUT2D eigenvalue weighted by atomic mass is 32.2. The molecular formula is C26H32N4O5S. The van der Waals surface area contributed by atoms with E-state index < -0.39 is 16.1 Å². The molecule has 2 fully saturated rings. The van der Waals surface area contributed by atoms with E-state index >= 15 is 0 Å². The van der Waals surface area contributed by atoms with Crippen LogP contribution in [0.2, 0.25) is 0 Å². The fraction of sp³-hybridized carbons (Fsp3) is 0.423. The Balaban J connectivity index is 1.31. The second kappa shape index (κ2) is 11.2. The molecule has 3 N–H and O–H groups in total. The number of benzene rings is 2. The molecule has 1 heterocycles. The van der Waals surface area contributed by atoms with Crippen LogP contribution in [-0.2, 0) is 19.6 Å². The van der Waals surface area contributed by atoms with E-state index in [2.05, 4.69) is 16.0 Å². The molecule has 1 aliphatic heterocycles. The molecule has 2 aromatic rings. The number of carbonyl (C=O) groups is 3. The van der Waals surface area contributed by atoms with Gasteiger partial charge in [-0.3, -0.25) is 14.4 Å². The molecule has 0 aromatic heterocycles. The monoisotopic (exact) mass is 512 g/mol. The molecule has 0 unspecified atom stereocenters. The minimum absolute atomic E-state index is 0.0506. The molecule has 1 atom stereocenters. The first-order valence-electron chi connectivity index (χ1n) is 12.3.